The fraction of sp³-hybridized carbons (Fsp3) is 0.300. The monoisotopic (exact) mass is 527 g/mol. The number of nitriles is 1. The molecule has 0 aliphatic carbocycles. The number of phenols is 1. The first-order chi connectivity index (χ1) is 18.3. The van der Waals surface area contributed by atoms with Crippen LogP contribution in [-0.4, -0.2) is 48.4 Å². The Labute approximate surface area is 228 Å². The lowest BCUT2D eigenvalue weighted by Crippen LogP contribution is -2.46. The quantitative estimate of drug-likeness (QED) is 0.448. The van der Waals surface area contributed by atoms with Gasteiger partial charge in [-0.2, -0.15) is 5.26 Å². The molecule has 2 N–H and O–H groups in total. The summed E-state index contributed by atoms with van der Waals surface area (Å²) in [4.78, 5) is 22.6. The van der Waals surface area contributed by atoms with Crippen LogP contribution >= 0.6 is 11.6 Å². The fourth-order valence-corrected chi connectivity index (χ4v) is 5.71. The van der Waals surface area contributed by atoms with E-state index >= 15 is 0 Å². The number of aryl methyl sites for hydroxylation is 2. The lowest BCUT2D eigenvalue weighted by molar-refractivity contribution is -0.131. The Kier molecular flexibility index (Phi) is 7.11. The number of nitrogens with zero attached hydrogens (tertiary/aromatic N) is 4. The molecule has 0 aromatic heterocycles. The molecule has 1 saturated heterocycles. The molecule has 2 aliphatic heterocycles. The number of aromatic hydroxyl groups is 1. The molecule has 1 amide bonds. The van der Waals surface area contributed by atoms with Crippen LogP contribution in [0.4, 0.5) is 11.4 Å². The van der Waals surface area contributed by atoms with Gasteiger partial charge in [0.15, 0.2) is 0 Å². The standard InChI is InChI=1S/C30H30ClN5O2/c1-18-10-20(31)13-22(11-18)36-17-34-27-12-19(2)24(23-7-4-8-28(37)26(23)15-32)14-25(27)29(36)30(38)35(3)16-21-6-5-9-33-21/h4,7-8,10-14,17,21,29,33,37H,5-6,9,16H2,1-3H3/t21-,29?/m0/s1. The summed E-state index contributed by atoms with van der Waals surface area (Å²) in [6.07, 6.45) is 3.84. The van der Waals surface area contributed by atoms with Gasteiger partial charge >= 0.3 is 0 Å². The van der Waals surface area contributed by atoms with Crippen molar-refractivity contribution in [2.24, 2.45) is 4.99 Å². The Morgan fingerprint density at radius 2 is 2.05 bits per heavy atom. The van der Waals surface area contributed by atoms with Crippen molar-refractivity contribution in [3.8, 4) is 22.9 Å². The van der Waals surface area contributed by atoms with Crippen molar-refractivity contribution in [1.29, 1.82) is 5.26 Å². The average Bonchev–Trinajstić information content (AvgIpc) is 3.39. The third-order valence-corrected chi connectivity index (χ3v) is 7.52. The van der Waals surface area contributed by atoms with Crippen LogP contribution in [0.15, 0.2) is 53.5 Å². The second-order valence-electron chi connectivity index (χ2n) is 10.1. The van der Waals surface area contributed by atoms with E-state index in [0.717, 1.165) is 47.3 Å². The van der Waals surface area contributed by atoms with Crippen LogP contribution in [-0.2, 0) is 4.79 Å². The highest BCUT2D eigenvalue weighted by Gasteiger charge is 2.36. The van der Waals surface area contributed by atoms with Gasteiger partial charge in [-0.15, -0.1) is 0 Å². The van der Waals surface area contributed by atoms with E-state index in [0.29, 0.717) is 22.8 Å². The van der Waals surface area contributed by atoms with E-state index in [1.54, 1.807) is 17.3 Å². The predicted octanol–water partition coefficient (Wildman–Crippen LogP) is 5.63. The number of benzene rings is 3. The fourth-order valence-electron chi connectivity index (χ4n) is 5.43. The second-order valence-corrected chi connectivity index (χ2v) is 10.5. The zero-order valence-electron chi connectivity index (χ0n) is 21.7. The summed E-state index contributed by atoms with van der Waals surface area (Å²) < 4.78 is 0. The summed E-state index contributed by atoms with van der Waals surface area (Å²) >= 11 is 6.42. The van der Waals surface area contributed by atoms with Gasteiger partial charge in [0.05, 0.1) is 12.0 Å². The Balaban J connectivity index is 1.65. The molecule has 8 heteroatoms. The van der Waals surface area contributed by atoms with Gasteiger partial charge in [-0.3, -0.25) is 4.79 Å². The van der Waals surface area contributed by atoms with Gasteiger partial charge in [-0.05, 0) is 86.3 Å². The van der Waals surface area contributed by atoms with E-state index in [2.05, 4.69) is 11.4 Å². The first kappa shape index (κ1) is 25.8. The number of carbonyl (C=O) groups excluding carboxylic acids is 1. The number of likely N-dealkylation sites (N-methyl/N-ethyl adjacent to an activating group) is 1. The molecule has 0 saturated carbocycles. The van der Waals surface area contributed by atoms with Crippen LogP contribution in [0.1, 0.15) is 41.1 Å². The SMILES string of the molecule is Cc1cc(Cl)cc(N2C=Nc3cc(C)c(-c4cccc(O)c4C#N)cc3C2C(=O)N(C)C[C@@H]2CCCN2)c1. The summed E-state index contributed by atoms with van der Waals surface area (Å²) in [7, 11) is 1.84. The van der Waals surface area contributed by atoms with E-state index in [1.165, 1.54) is 6.07 Å². The molecule has 7 nitrogen and oxygen atoms in total. The number of fused-ring (bicyclic) bond motifs is 1. The molecule has 2 aliphatic rings. The number of hydrogen-bond acceptors (Lipinski definition) is 6. The van der Waals surface area contributed by atoms with E-state index in [-0.39, 0.29) is 23.3 Å². The third-order valence-electron chi connectivity index (χ3n) is 7.30. The molecular weight excluding hydrogens is 498 g/mol. The lowest BCUT2D eigenvalue weighted by atomic mass is 9.90. The van der Waals surface area contributed by atoms with Crippen molar-refractivity contribution in [2.75, 3.05) is 25.0 Å². The Morgan fingerprint density at radius 3 is 2.76 bits per heavy atom. The normalized spacial score (nSPS) is 18.2. The molecule has 2 heterocycles. The van der Waals surface area contributed by atoms with Crippen molar-refractivity contribution in [3.63, 3.8) is 0 Å². The predicted molar refractivity (Wildman–Crippen MR) is 151 cm³/mol. The van der Waals surface area contributed by atoms with Crippen LogP contribution in [0.25, 0.3) is 11.1 Å². The lowest BCUT2D eigenvalue weighted by Gasteiger charge is -2.36. The summed E-state index contributed by atoms with van der Waals surface area (Å²) in [5, 5.41) is 24.2. The van der Waals surface area contributed by atoms with Gasteiger partial charge in [0.1, 0.15) is 23.4 Å². The smallest absolute Gasteiger partial charge is 0.250 e. The second kappa shape index (κ2) is 10.5. The van der Waals surface area contributed by atoms with E-state index in [9.17, 15) is 15.2 Å². The van der Waals surface area contributed by atoms with Crippen LogP contribution in [0, 0.1) is 25.2 Å². The number of amides is 1. The molecule has 3 aromatic rings. The average molecular weight is 528 g/mol. The van der Waals surface area contributed by atoms with E-state index in [4.69, 9.17) is 16.6 Å². The summed E-state index contributed by atoms with van der Waals surface area (Å²) in [5.74, 6) is -0.137. The summed E-state index contributed by atoms with van der Waals surface area (Å²) in [6, 6.07) is 16.3. The van der Waals surface area contributed by atoms with Gasteiger partial charge in [-0.1, -0.05) is 23.7 Å². The van der Waals surface area contributed by atoms with E-state index < -0.39 is 6.04 Å². The van der Waals surface area contributed by atoms with E-state index in [1.807, 2.05) is 62.2 Å². The number of halogens is 1. The topological polar surface area (TPSA) is 92.0 Å². The minimum absolute atomic E-state index is 0.0602. The largest absolute Gasteiger partial charge is 0.507 e. The van der Waals surface area contributed by atoms with Gasteiger partial charge in [-0.25, -0.2) is 4.99 Å². The third kappa shape index (κ3) is 4.85. The number of hydrogen-bond donors (Lipinski definition) is 2. The maximum absolute atomic E-state index is 14.2. The molecule has 1 unspecified atom stereocenters. The highest BCUT2D eigenvalue weighted by atomic mass is 35.5. The molecule has 1 fully saturated rings. The van der Waals surface area contributed by atoms with Crippen LogP contribution in [0.5, 0.6) is 5.75 Å². The molecule has 0 spiro atoms. The number of rotatable bonds is 5. The highest BCUT2D eigenvalue weighted by molar-refractivity contribution is 6.31. The molecule has 2 atom stereocenters. The molecule has 5 rings (SSSR count). The Bertz CT molecular complexity index is 1450. The molecule has 194 valence electrons. The van der Waals surface area contributed by atoms with Crippen molar-refractivity contribution in [3.05, 3.63) is 75.8 Å². The molecule has 38 heavy (non-hydrogen) atoms. The van der Waals surface area contributed by atoms with Crippen LogP contribution in [0.3, 0.4) is 0 Å². The number of aliphatic imine (C=N–C) groups is 1. The zero-order chi connectivity index (χ0) is 27.0. The van der Waals surface area contributed by atoms with Gasteiger partial charge in [0, 0.05) is 41.5 Å². The Morgan fingerprint density at radius 1 is 1.24 bits per heavy atom. The number of anilines is 1. The van der Waals surface area contributed by atoms with Crippen molar-refractivity contribution >= 4 is 35.2 Å². The van der Waals surface area contributed by atoms with Crippen LogP contribution < -0.4 is 10.2 Å². The van der Waals surface area contributed by atoms with Gasteiger partial charge in [0.2, 0.25) is 5.91 Å². The summed E-state index contributed by atoms with van der Waals surface area (Å²) in [6.45, 7) is 5.48. The van der Waals surface area contributed by atoms with Gasteiger partial charge < -0.3 is 20.2 Å². The summed E-state index contributed by atoms with van der Waals surface area (Å²) in [5.41, 5.74) is 5.65. The maximum Gasteiger partial charge on any atom is 0.250 e. The number of phenolic OH excluding ortho intramolecular Hbond substituents is 1. The number of carbonyl (C=O) groups is 1. The van der Waals surface area contributed by atoms with Crippen molar-refractivity contribution < 1.29 is 9.90 Å². The molecular formula is C30H30ClN5O2. The van der Waals surface area contributed by atoms with Gasteiger partial charge in [0.25, 0.3) is 0 Å². The number of nitrogens with one attached hydrogen (secondary N) is 1. The maximum atomic E-state index is 14.2. The molecule has 0 bridgehead atoms. The first-order valence-corrected chi connectivity index (χ1v) is 13.1. The molecule has 0 radical (unpaired) electrons. The highest BCUT2D eigenvalue weighted by Crippen LogP contribution is 2.42. The van der Waals surface area contributed by atoms with Crippen LogP contribution in [0.2, 0.25) is 5.02 Å². The Hall–Kier alpha value is -3.86. The minimum atomic E-state index is -0.686. The molecule has 3 aromatic carbocycles. The van der Waals surface area contributed by atoms with Crippen molar-refractivity contribution in [2.45, 2.75) is 38.8 Å². The first-order valence-electron chi connectivity index (χ1n) is 12.7. The minimum Gasteiger partial charge on any atom is -0.507 e. The zero-order valence-corrected chi connectivity index (χ0v) is 22.5. The van der Waals surface area contributed by atoms with Crippen molar-refractivity contribution in [1.82, 2.24) is 10.2 Å².